The number of nitrogens with one attached hydrogen (secondary N) is 1. The minimum absolute atomic E-state index is 0.119. The Morgan fingerprint density at radius 3 is 2.86 bits per heavy atom. The molecule has 1 aromatic carbocycles. The van der Waals surface area contributed by atoms with Crippen molar-refractivity contribution in [2.24, 2.45) is 5.92 Å². The molecule has 1 aliphatic rings. The van der Waals surface area contributed by atoms with Gasteiger partial charge >= 0.3 is 0 Å². The first-order valence-corrected chi connectivity index (χ1v) is 7.31. The largest absolute Gasteiger partial charge is 0.383 e. The van der Waals surface area contributed by atoms with Crippen molar-refractivity contribution in [1.82, 2.24) is 4.90 Å². The average molecular weight is 293 g/mol. The standard InChI is InChI=1S/C15H23N3O3/c1-16-14-6-5-13(9-15(14)18(19)20)10-17(2)7-8-21-11-12-3-4-12/h5-6,9,12,16H,3-4,7-8,10-11H2,1-2H3. The van der Waals surface area contributed by atoms with E-state index in [0.29, 0.717) is 18.8 Å². The van der Waals surface area contributed by atoms with Crippen LogP contribution in [0.25, 0.3) is 0 Å². The first-order chi connectivity index (χ1) is 10.1. The SMILES string of the molecule is CNc1ccc(CN(C)CCOCC2CC2)cc1[N+](=O)[O-]. The predicted octanol–water partition coefficient (Wildman–Crippen LogP) is 2.49. The average Bonchev–Trinajstić information content (AvgIpc) is 3.27. The van der Waals surface area contributed by atoms with Crippen LogP contribution in [0.3, 0.4) is 0 Å². The summed E-state index contributed by atoms with van der Waals surface area (Å²) in [5, 5.41) is 13.9. The maximum atomic E-state index is 11.0. The molecule has 0 spiro atoms. The van der Waals surface area contributed by atoms with Gasteiger partial charge in [0.05, 0.1) is 11.5 Å². The van der Waals surface area contributed by atoms with E-state index in [1.54, 1.807) is 19.2 Å². The highest BCUT2D eigenvalue weighted by molar-refractivity contribution is 5.62. The van der Waals surface area contributed by atoms with E-state index in [1.807, 2.05) is 13.1 Å². The third kappa shape index (κ3) is 4.99. The van der Waals surface area contributed by atoms with Crippen LogP contribution in [0.4, 0.5) is 11.4 Å². The number of benzene rings is 1. The third-order valence-electron chi connectivity index (χ3n) is 3.65. The van der Waals surface area contributed by atoms with Crippen LogP contribution in [0, 0.1) is 16.0 Å². The second-order valence-corrected chi connectivity index (χ2v) is 5.61. The Hall–Kier alpha value is -1.66. The molecule has 0 amide bonds. The summed E-state index contributed by atoms with van der Waals surface area (Å²) < 4.78 is 5.60. The lowest BCUT2D eigenvalue weighted by atomic mass is 10.1. The van der Waals surface area contributed by atoms with Crippen molar-refractivity contribution < 1.29 is 9.66 Å². The summed E-state index contributed by atoms with van der Waals surface area (Å²) in [6.45, 7) is 3.09. The zero-order valence-corrected chi connectivity index (χ0v) is 12.7. The van der Waals surface area contributed by atoms with Crippen molar-refractivity contribution in [3.05, 3.63) is 33.9 Å². The zero-order chi connectivity index (χ0) is 15.2. The second kappa shape index (κ2) is 7.38. The Bertz CT molecular complexity index is 489. The predicted molar refractivity (Wildman–Crippen MR) is 82.5 cm³/mol. The molecule has 21 heavy (non-hydrogen) atoms. The van der Waals surface area contributed by atoms with Gasteiger partial charge in [0.15, 0.2) is 0 Å². The number of nitrogens with zero attached hydrogens (tertiary/aromatic N) is 2. The van der Waals surface area contributed by atoms with E-state index in [-0.39, 0.29) is 10.6 Å². The highest BCUT2D eigenvalue weighted by atomic mass is 16.6. The Balaban J connectivity index is 1.82. The van der Waals surface area contributed by atoms with E-state index in [1.165, 1.54) is 12.8 Å². The quantitative estimate of drug-likeness (QED) is 0.430. The molecule has 1 fully saturated rings. The fourth-order valence-electron chi connectivity index (χ4n) is 2.18. The number of nitro groups is 1. The number of hydrogen-bond donors (Lipinski definition) is 1. The molecular weight excluding hydrogens is 270 g/mol. The molecule has 116 valence electrons. The van der Waals surface area contributed by atoms with Gasteiger partial charge in [-0.15, -0.1) is 0 Å². The topological polar surface area (TPSA) is 67.6 Å². The fourth-order valence-corrected chi connectivity index (χ4v) is 2.18. The summed E-state index contributed by atoms with van der Waals surface area (Å²) in [6.07, 6.45) is 2.61. The number of ether oxygens (including phenoxy) is 1. The van der Waals surface area contributed by atoms with Gasteiger partial charge in [-0.1, -0.05) is 6.07 Å². The van der Waals surface area contributed by atoms with E-state index >= 15 is 0 Å². The zero-order valence-electron chi connectivity index (χ0n) is 12.7. The van der Waals surface area contributed by atoms with E-state index in [0.717, 1.165) is 24.6 Å². The van der Waals surface area contributed by atoms with Gasteiger partial charge in [-0.2, -0.15) is 0 Å². The molecule has 1 aromatic rings. The number of hydrogen-bond acceptors (Lipinski definition) is 5. The number of nitro benzene ring substituents is 1. The van der Waals surface area contributed by atoms with Crippen molar-refractivity contribution in [3.8, 4) is 0 Å². The van der Waals surface area contributed by atoms with E-state index in [4.69, 9.17) is 4.74 Å². The van der Waals surface area contributed by atoms with E-state index in [2.05, 4.69) is 10.2 Å². The fraction of sp³-hybridized carbons (Fsp3) is 0.600. The van der Waals surface area contributed by atoms with Gasteiger partial charge in [0, 0.05) is 32.8 Å². The highest BCUT2D eigenvalue weighted by Gasteiger charge is 2.21. The molecule has 0 bridgehead atoms. The van der Waals surface area contributed by atoms with Crippen molar-refractivity contribution >= 4 is 11.4 Å². The molecule has 0 aromatic heterocycles. The molecule has 1 N–H and O–H groups in total. The Kier molecular flexibility index (Phi) is 5.52. The number of likely N-dealkylation sites (N-methyl/N-ethyl adjacent to an activating group) is 1. The van der Waals surface area contributed by atoms with E-state index in [9.17, 15) is 10.1 Å². The van der Waals surface area contributed by atoms with Crippen LogP contribution in [0.15, 0.2) is 18.2 Å². The molecule has 0 unspecified atom stereocenters. The first-order valence-electron chi connectivity index (χ1n) is 7.31. The molecule has 2 rings (SSSR count). The van der Waals surface area contributed by atoms with Crippen LogP contribution in [-0.2, 0) is 11.3 Å². The van der Waals surface area contributed by atoms with Crippen LogP contribution in [0.1, 0.15) is 18.4 Å². The van der Waals surface area contributed by atoms with E-state index < -0.39 is 0 Å². The summed E-state index contributed by atoms with van der Waals surface area (Å²) in [5.41, 5.74) is 1.60. The summed E-state index contributed by atoms with van der Waals surface area (Å²) in [4.78, 5) is 12.8. The molecule has 1 saturated carbocycles. The van der Waals surface area contributed by atoms with Gasteiger partial charge in [0.1, 0.15) is 5.69 Å². The van der Waals surface area contributed by atoms with Crippen molar-refractivity contribution in [2.75, 3.05) is 39.2 Å². The maximum Gasteiger partial charge on any atom is 0.292 e. The van der Waals surface area contributed by atoms with Gasteiger partial charge in [-0.3, -0.25) is 15.0 Å². The lowest BCUT2D eigenvalue weighted by molar-refractivity contribution is -0.384. The molecule has 6 nitrogen and oxygen atoms in total. The molecule has 0 radical (unpaired) electrons. The maximum absolute atomic E-state index is 11.0. The van der Waals surface area contributed by atoms with Crippen LogP contribution >= 0.6 is 0 Å². The number of rotatable bonds is 9. The molecule has 6 heteroatoms. The molecule has 0 saturated heterocycles. The van der Waals surface area contributed by atoms with Gasteiger partial charge in [-0.25, -0.2) is 0 Å². The third-order valence-corrected chi connectivity index (χ3v) is 3.65. The highest BCUT2D eigenvalue weighted by Crippen LogP contribution is 2.28. The molecule has 0 atom stereocenters. The molecule has 1 aliphatic carbocycles. The van der Waals surface area contributed by atoms with Crippen LogP contribution in [0.2, 0.25) is 0 Å². The van der Waals surface area contributed by atoms with Crippen LogP contribution < -0.4 is 5.32 Å². The Morgan fingerprint density at radius 1 is 1.48 bits per heavy atom. The van der Waals surface area contributed by atoms with Crippen molar-refractivity contribution in [2.45, 2.75) is 19.4 Å². The summed E-state index contributed by atoms with van der Waals surface area (Å²) in [6, 6.07) is 5.30. The smallest absolute Gasteiger partial charge is 0.292 e. The van der Waals surface area contributed by atoms with Crippen molar-refractivity contribution in [1.29, 1.82) is 0 Å². The lowest BCUT2D eigenvalue weighted by Crippen LogP contribution is -2.23. The summed E-state index contributed by atoms with van der Waals surface area (Å²) in [7, 11) is 3.68. The lowest BCUT2D eigenvalue weighted by Gasteiger charge is -2.17. The van der Waals surface area contributed by atoms with Gasteiger partial charge in [0.2, 0.25) is 0 Å². The first kappa shape index (κ1) is 15.7. The minimum Gasteiger partial charge on any atom is -0.383 e. The second-order valence-electron chi connectivity index (χ2n) is 5.61. The van der Waals surface area contributed by atoms with Crippen LogP contribution in [0.5, 0.6) is 0 Å². The van der Waals surface area contributed by atoms with Crippen LogP contribution in [-0.4, -0.2) is 43.7 Å². The Morgan fingerprint density at radius 2 is 2.24 bits per heavy atom. The van der Waals surface area contributed by atoms with Crippen molar-refractivity contribution in [3.63, 3.8) is 0 Å². The number of anilines is 1. The minimum atomic E-state index is -0.353. The Labute approximate surface area is 125 Å². The molecule has 0 heterocycles. The van der Waals surface area contributed by atoms with Gasteiger partial charge < -0.3 is 10.1 Å². The molecule has 0 aliphatic heterocycles. The summed E-state index contributed by atoms with van der Waals surface area (Å²) >= 11 is 0. The van der Waals surface area contributed by atoms with Gasteiger partial charge in [-0.05, 0) is 37.4 Å². The van der Waals surface area contributed by atoms with Gasteiger partial charge in [0.25, 0.3) is 5.69 Å². The normalized spacial score (nSPS) is 14.4. The summed E-state index contributed by atoms with van der Waals surface area (Å²) in [5.74, 6) is 0.784. The molecular formula is C15H23N3O3. The monoisotopic (exact) mass is 293 g/mol.